The lowest BCUT2D eigenvalue weighted by molar-refractivity contribution is 0.601. The highest BCUT2D eigenvalue weighted by atomic mass is 14.5. The Balaban J connectivity index is 3.14. The van der Waals surface area contributed by atoms with Gasteiger partial charge in [0.25, 0.3) is 0 Å². The molecule has 1 heteroatoms. The lowest BCUT2D eigenvalue weighted by Gasteiger charge is -1.98. The molecule has 0 spiro atoms. The van der Waals surface area contributed by atoms with Crippen molar-refractivity contribution in [2.45, 2.75) is 84.0 Å². The third-order valence-corrected chi connectivity index (χ3v) is 3.43. The molecule has 0 fully saturated rings. The fraction of sp³-hybridized carbons (Fsp3) is 0.778. The molecule has 2 N–H and O–H groups in total. The highest BCUT2D eigenvalue weighted by Crippen LogP contribution is 2.07. The van der Waals surface area contributed by atoms with Gasteiger partial charge in [-0.15, -0.1) is 0 Å². The molecule has 0 atom stereocenters. The van der Waals surface area contributed by atoms with Gasteiger partial charge in [0.2, 0.25) is 0 Å². The first-order chi connectivity index (χ1) is 9.41. The van der Waals surface area contributed by atoms with Crippen molar-refractivity contribution in [2.75, 3.05) is 6.54 Å². The van der Waals surface area contributed by atoms with Crippen LogP contribution in [0.25, 0.3) is 0 Å². The average molecular weight is 265 g/mol. The monoisotopic (exact) mass is 265 g/mol. The van der Waals surface area contributed by atoms with Gasteiger partial charge in [-0.2, -0.15) is 0 Å². The molecule has 0 radical (unpaired) electrons. The van der Waals surface area contributed by atoms with E-state index in [-0.39, 0.29) is 0 Å². The maximum Gasteiger partial charge on any atom is -0.00773 e. The normalized spacial score (nSPS) is 11.9. The molecule has 0 bridgehead atoms. The standard InChI is InChI=1S/C18H35N/c1-2-3-4-5-6-7-8-9-10-11-12-13-14-15-16-17-18-19/h7-10H,2-6,11-19H2,1H3/b8-7-,10-9-. The zero-order valence-corrected chi connectivity index (χ0v) is 13.1. The number of rotatable bonds is 14. The van der Waals surface area contributed by atoms with E-state index in [1.807, 2.05) is 0 Å². The van der Waals surface area contributed by atoms with Crippen molar-refractivity contribution in [3.05, 3.63) is 24.3 Å². The van der Waals surface area contributed by atoms with Crippen LogP contribution in [0, 0.1) is 0 Å². The van der Waals surface area contributed by atoms with Crippen molar-refractivity contribution in [3.63, 3.8) is 0 Å². The summed E-state index contributed by atoms with van der Waals surface area (Å²) in [5.74, 6) is 0. The first-order valence-electron chi connectivity index (χ1n) is 8.43. The molecule has 0 aliphatic carbocycles. The third-order valence-electron chi connectivity index (χ3n) is 3.43. The largest absolute Gasteiger partial charge is 0.330 e. The Morgan fingerprint density at radius 3 is 1.63 bits per heavy atom. The van der Waals surface area contributed by atoms with E-state index in [4.69, 9.17) is 5.73 Å². The van der Waals surface area contributed by atoms with Crippen LogP contribution in [0.5, 0.6) is 0 Å². The topological polar surface area (TPSA) is 26.0 Å². The zero-order valence-electron chi connectivity index (χ0n) is 13.1. The first kappa shape index (κ1) is 18.4. The van der Waals surface area contributed by atoms with E-state index in [2.05, 4.69) is 31.2 Å². The maximum atomic E-state index is 5.47. The summed E-state index contributed by atoms with van der Waals surface area (Å²) in [7, 11) is 0. The molecule has 0 unspecified atom stereocenters. The highest BCUT2D eigenvalue weighted by molar-refractivity contribution is 5.02. The van der Waals surface area contributed by atoms with E-state index in [9.17, 15) is 0 Å². The van der Waals surface area contributed by atoms with Gasteiger partial charge in [0, 0.05) is 0 Å². The molecule has 19 heavy (non-hydrogen) atoms. The summed E-state index contributed by atoms with van der Waals surface area (Å²) in [5, 5.41) is 0. The summed E-state index contributed by atoms with van der Waals surface area (Å²) in [6.07, 6.45) is 24.9. The summed E-state index contributed by atoms with van der Waals surface area (Å²) < 4.78 is 0. The molecule has 0 saturated carbocycles. The molecule has 0 aromatic heterocycles. The van der Waals surface area contributed by atoms with Gasteiger partial charge in [0.05, 0.1) is 0 Å². The summed E-state index contributed by atoms with van der Waals surface area (Å²) in [6, 6.07) is 0. The number of hydrogen-bond donors (Lipinski definition) is 1. The summed E-state index contributed by atoms with van der Waals surface area (Å²) in [6.45, 7) is 3.12. The molecule has 1 nitrogen and oxygen atoms in total. The van der Waals surface area contributed by atoms with Crippen LogP contribution >= 0.6 is 0 Å². The van der Waals surface area contributed by atoms with Crippen LogP contribution in [-0.4, -0.2) is 6.54 Å². The molecular formula is C18H35N. The SMILES string of the molecule is CCCCCC/C=C\C=C/CCCCCCCCN. The van der Waals surface area contributed by atoms with Crippen molar-refractivity contribution >= 4 is 0 Å². The predicted octanol–water partition coefficient (Wildman–Crippen LogP) is 5.76. The molecule has 0 aliphatic heterocycles. The van der Waals surface area contributed by atoms with E-state index in [1.54, 1.807) is 0 Å². The molecule has 0 aromatic carbocycles. The minimum atomic E-state index is 0.855. The van der Waals surface area contributed by atoms with Crippen molar-refractivity contribution in [1.82, 2.24) is 0 Å². The minimum Gasteiger partial charge on any atom is -0.330 e. The van der Waals surface area contributed by atoms with Crippen molar-refractivity contribution < 1.29 is 0 Å². The quantitative estimate of drug-likeness (QED) is 0.314. The second-order valence-electron chi connectivity index (χ2n) is 5.40. The molecular weight excluding hydrogens is 230 g/mol. The van der Waals surface area contributed by atoms with Crippen molar-refractivity contribution in [2.24, 2.45) is 5.73 Å². The smallest absolute Gasteiger partial charge is 0.00773 e. The third kappa shape index (κ3) is 17.4. The van der Waals surface area contributed by atoms with Gasteiger partial charge < -0.3 is 5.73 Å². The van der Waals surface area contributed by atoms with Gasteiger partial charge in [-0.3, -0.25) is 0 Å². The Kier molecular flexibility index (Phi) is 16.9. The minimum absolute atomic E-state index is 0.855. The van der Waals surface area contributed by atoms with Gasteiger partial charge in [-0.25, -0.2) is 0 Å². The second kappa shape index (κ2) is 17.4. The molecule has 112 valence electrons. The van der Waals surface area contributed by atoms with E-state index in [0.717, 1.165) is 6.54 Å². The lowest BCUT2D eigenvalue weighted by Crippen LogP contribution is -1.97. The van der Waals surface area contributed by atoms with Gasteiger partial charge in [0.15, 0.2) is 0 Å². The molecule has 0 rings (SSSR count). The van der Waals surface area contributed by atoms with Crippen LogP contribution in [0.15, 0.2) is 24.3 Å². The van der Waals surface area contributed by atoms with Gasteiger partial charge in [0.1, 0.15) is 0 Å². The molecule has 0 aromatic rings. The van der Waals surface area contributed by atoms with Gasteiger partial charge >= 0.3 is 0 Å². The van der Waals surface area contributed by atoms with Crippen molar-refractivity contribution in [3.8, 4) is 0 Å². The highest BCUT2D eigenvalue weighted by Gasteiger charge is 1.89. The molecule has 0 amide bonds. The Bertz CT molecular complexity index is 206. The number of unbranched alkanes of at least 4 members (excludes halogenated alkanes) is 10. The molecule has 0 saturated heterocycles. The maximum absolute atomic E-state index is 5.47. The van der Waals surface area contributed by atoms with Crippen molar-refractivity contribution in [1.29, 1.82) is 0 Å². The second-order valence-corrected chi connectivity index (χ2v) is 5.40. The number of allylic oxidation sites excluding steroid dienone is 4. The van der Waals surface area contributed by atoms with Crippen LogP contribution in [0.4, 0.5) is 0 Å². The van der Waals surface area contributed by atoms with Crippen LogP contribution in [0.2, 0.25) is 0 Å². The van der Waals surface area contributed by atoms with Crippen LogP contribution < -0.4 is 5.73 Å². The van der Waals surface area contributed by atoms with E-state index < -0.39 is 0 Å². The zero-order chi connectivity index (χ0) is 14.0. The molecule has 0 heterocycles. The van der Waals surface area contributed by atoms with Crippen LogP contribution in [-0.2, 0) is 0 Å². The Labute approximate surface area is 121 Å². The fourth-order valence-electron chi connectivity index (χ4n) is 2.15. The summed E-state index contributed by atoms with van der Waals surface area (Å²) >= 11 is 0. The van der Waals surface area contributed by atoms with E-state index >= 15 is 0 Å². The van der Waals surface area contributed by atoms with Gasteiger partial charge in [-0.1, -0.05) is 76.2 Å². The van der Waals surface area contributed by atoms with Gasteiger partial charge in [-0.05, 0) is 38.6 Å². The number of nitrogens with two attached hydrogens (primary N) is 1. The van der Waals surface area contributed by atoms with E-state index in [0.29, 0.717) is 0 Å². The summed E-state index contributed by atoms with van der Waals surface area (Å²) in [5.41, 5.74) is 5.47. The summed E-state index contributed by atoms with van der Waals surface area (Å²) in [4.78, 5) is 0. The Morgan fingerprint density at radius 2 is 1.11 bits per heavy atom. The van der Waals surface area contributed by atoms with E-state index in [1.165, 1.54) is 77.0 Å². The lowest BCUT2D eigenvalue weighted by atomic mass is 10.1. The fourth-order valence-corrected chi connectivity index (χ4v) is 2.15. The first-order valence-corrected chi connectivity index (χ1v) is 8.43. The Hall–Kier alpha value is -0.560. The Morgan fingerprint density at radius 1 is 0.632 bits per heavy atom. The average Bonchev–Trinajstić information content (AvgIpc) is 2.43. The van der Waals surface area contributed by atoms with Crippen LogP contribution in [0.3, 0.4) is 0 Å². The van der Waals surface area contributed by atoms with Crippen LogP contribution in [0.1, 0.15) is 84.0 Å². The predicted molar refractivity (Wildman–Crippen MR) is 88.4 cm³/mol. The number of hydrogen-bond acceptors (Lipinski definition) is 1. The molecule has 0 aliphatic rings.